The average molecular weight is 338 g/mol. The number of amides is 1. The second kappa shape index (κ2) is 9.33. The predicted octanol–water partition coefficient (Wildman–Crippen LogP) is 3.29. The van der Waals surface area contributed by atoms with E-state index in [0.717, 1.165) is 28.2 Å². The summed E-state index contributed by atoms with van der Waals surface area (Å²) in [5.74, 6) is 1.31. The zero-order valence-corrected chi connectivity index (χ0v) is 14.5. The van der Waals surface area contributed by atoms with Gasteiger partial charge in [-0.15, -0.1) is 0 Å². The number of ether oxygens (including phenoxy) is 2. The lowest BCUT2D eigenvalue weighted by atomic mass is 10.1. The summed E-state index contributed by atoms with van der Waals surface area (Å²) in [4.78, 5) is 11.3. The van der Waals surface area contributed by atoms with Crippen molar-refractivity contribution in [2.45, 2.75) is 26.8 Å². The van der Waals surface area contributed by atoms with Gasteiger partial charge in [-0.05, 0) is 48.7 Å². The Morgan fingerprint density at radius 3 is 2.72 bits per heavy atom. The van der Waals surface area contributed by atoms with E-state index < -0.39 is 0 Å². The minimum Gasteiger partial charge on any atom is -0.490 e. The van der Waals surface area contributed by atoms with Crippen LogP contribution in [0.4, 0.5) is 0 Å². The van der Waals surface area contributed by atoms with E-state index in [0.29, 0.717) is 19.8 Å². The maximum absolute atomic E-state index is 11.3. The molecule has 0 spiro atoms. The van der Waals surface area contributed by atoms with Gasteiger partial charge in [0.25, 0.3) is 0 Å². The number of carbonyl (C=O) groups excluding carboxylic acids is 1. The number of aryl methyl sites for hydroxylation is 2. The first kappa shape index (κ1) is 18.3. The predicted molar refractivity (Wildman–Crippen MR) is 95.4 cm³/mol. The van der Waals surface area contributed by atoms with E-state index in [4.69, 9.17) is 14.7 Å². The molecule has 130 valence electrons. The second-order valence-electron chi connectivity index (χ2n) is 5.72. The van der Waals surface area contributed by atoms with Crippen molar-refractivity contribution in [3.05, 3.63) is 59.2 Å². The van der Waals surface area contributed by atoms with Crippen LogP contribution in [0.5, 0.6) is 11.5 Å². The Hall–Kier alpha value is -3.00. The number of hydrogen-bond donors (Lipinski definition) is 1. The number of nitrogens with zero attached hydrogens (tertiary/aromatic N) is 1. The Morgan fingerprint density at radius 2 is 1.92 bits per heavy atom. The van der Waals surface area contributed by atoms with Gasteiger partial charge in [-0.2, -0.15) is 5.26 Å². The molecule has 2 aromatic rings. The van der Waals surface area contributed by atoms with Gasteiger partial charge in [0.2, 0.25) is 5.91 Å². The molecule has 1 N–H and O–H groups in total. The zero-order valence-electron chi connectivity index (χ0n) is 14.5. The molecule has 2 aromatic carbocycles. The SMILES string of the molecule is Cc1ccc(C)c(OCCOc2cccc(CNC(=O)CC#N)c2)c1. The van der Waals surface area contributed by atoms with Crippen molar-refractivity contribution in [3.8, 4) is 17.6 Å². The van der Waals surface area contributed by atoms with E-state index in [2.05, 4.69) is 11.4 Å². The van der Waals surface area contributed by atoms with Crippen molar-refractivity contribution < 1.29 is 14.3 Å². The minimum atomic E-state index is -0.282. The van der Waals surface area contributed by atoms with Crippen LogP contribution in [0.3, 0.4) is 0 Å². The zero-order chi connectivity index (χ0) is 18.1. The van der Waals surface area contributed by atoms with E-state index in [-0.39, 0.29) is 12.3 Å². The molecule has 0 aromatic heterocycles. The molecule has 2 rings (SSSR count). The summed E-state index contributed by atoms with van der Waals surface area (Å²) >= 11 is 0. The van der Waals surface area contributed by atoms with Gasteiger partial charge < -0.3 is 14.8 Å². The molecule has 0 aliphatic carbocycles. The second-order valence-corrected chi connectivity index (χ2v) is 5.72. The van der Waals surface area contributed by atoms with E-state index in [1.54, 1.807) is 0 Å². The van der Waals surface area contributed by atoms with Crippen LogP contribution >= 0.6 is 0 Å². The number of nitriles is 1. The fourth-order valence-electron chi connectivity index (χ4n) is 2.25. The van der Waals surface area contributed by atoms with E-state index in [9.17, 15) is 4.79 Å². The average Bonchev–Trinajstić information content (AvgIpc) is 2.60. The van der Waals surface area contributed by atoms with E-state index in [1.165, 1.54) is 0 Å². The van der Waals surface area contributed by atoms with Gasteiger partial charge in [-0.3, -0.25) is 4.79 Å². The van der Waals surface area contributed by atoms with Crippen LogP contribution in [0.25, 0.3) is 0 Å². The Kier molecular flexibility index (Phi) is 6.85. The van der Waals surface area contributed by atoms with Crippen molar-refractivity contribution in [1.29, 1.82) is 5.26 Å². The van der Waals surface area contributed by atoms with Crippen molar-refractivity contribution >= 4 is 5.91 Å². The topological polar surface area (TPSA) is 71.3 Å². The molecule has 0 saturated carbocycles. The number of rotatable bonds is 8. The Balaban J connectivity index is 1.79. The molecule has 0 heterocycles. The highest BCUT2D eigenvalue weighted by atomic mass is 16.5. The van der Waals surface area contributed by atoms with Crippen LogP contribution in [-0.2, 0) is 11.3 Å². The molecule has 0 atom stereocenters. The van der Waals surface area contributed by atoms with Gasteiger partial charge in [0.1, 0.15) is 31.1 Å². The summed E-state index contributed by atoms with van der Waals surface area (Å²) < 4.78 is 11.5. The summed E-state index contributed by atoms with van der Waals surface area (Å²) in [7, 11) is 0. The highest BCUT2D eigenvalue weighted by Crippen LogP contribution is 2.19. The summed E-state index contributed by atoms with van der Waals surface area (Å²) in [6.45, 7) is 5.30. The van der Waals surface area contributed by atoms with Crippen molar-refractivity contribution in [1.82, 2.24) is 5.32 Å². The summed E-state index contributed by atoms with van der Waals surface area (Å²) in [5.41, 5.74) is 3.17. The standard InChI is InChI=1S/C20H22N2O3/c1-15-6-7-16(2)19(12-15)25-11-10-24-18-5-3-4-17(13-18)14-22-20(23)8-9-21/h3-7,12-13H,8,10-11,14H2,1-2H3,(H,22,23). The largest absolute Gasteiger partial charge is 0.490 e. The van der Waals surface area contributed by atoms with Gasteiger partial charge in [0, 0.05) is 6.54 Å². The van der Waals surface area contributed by atoms with Gasteiger partial charge >= 0.3 is 0 Å². The molecule has 5 nitrogen and oxygen atoms in total. The molecule has 5 heteroatoms. The first-order valence-electron chi connectivity index (χ1n) is 8.14. The molecule has 0 bridgehead atoms. The van der Waals surface area contributed by atoms with Gasteiger partial charge in [-0.1, -0.05) is 24.3 Å². The molecule has 25 heavy (non-hydrogen) atoms. The fourth-order valence-corrected chi connectivity index (χ4v) is 2.25. The lowest BCUT2D eigenvalue weighted by Crippen LogP contribution is -2.21. The summed E-state index contributed by atoms with van der Waals surface area (Å²) in [6.07, 6.45) is -0.133. The van der Waals surface area contributed by atoms with Crippen LogP contribution in [0, 0.1) is 25.2 Å². The maximum atomic E-state index is 11.3. The highest BCUT2D eigenvalue weighted by Gasteiger charge is 2.03. The van der Waals surface area contributed by atoms with Crippen LogP contribution < -0.4 is 14.8 Å². The van der Waals surface area contributed by atoms with Crippen LogP contribution in [0.1, 0.15) is 23.1 Å². The van der Waals surface area contributed by atoms with Crippen LogP contribution in [0.15, 0.2) is 42.5 Å². The Labute approximate surface area is 148 Å². The molecule has 0 fully saturated rings. The number of hydrogen-bond acceptors (Lipinski definition) is 4. The number of nitrogens with one attached hydrogen (secondary N) is 1. The summed E-state index contributed by atoms with van der Waals surface area (Å²) in [6, 6.07) is 15.4. The van der Waals surface area contributed by atoms with Crippen LogP contribution in [-0.4, -0.2) is 19.1 Å². The van der Waals surface area contributed by atoms with Gasteiger partial charge in [-0.25, -0.2) is 0 Å². The molecule has 0 unspecified atom stereocenters. The molecule has 0 radical (unpaired) electrons. The van der Waals surface area contributed by atoms with Crippen molar-refractivity contribution in [3.63, 3.8) is 0 Å². The first-order chi connectivity index (χ1) is 12.1. The normalized spacial score (nSPS) is 9.96. The quantitative estimate of drug-likeness (QED) is 0.750. The Morgan fingerprint density at radius 1 is 1.12 bits per heavy atom. The fraction of sp³-hybridized carbons (Fsp3) is 0.300. The smallest absolute Gasteiger partial charge is 0.234 e. The number of carbonyl (C=O) groups is 1. The third-order valence-corrected chi connectivity index (χ3v) is 3.58. The first-order valence-corrected chi connectivity index (χ1v) is 8.14. The van der Waals surface area contributed by atoms with E-state index in [1.807, 2.05) is 56.3 Å². The van der Waals surface area contributed by atoms with Crippen LogP contribution in [0.2, 0.25) is 0 Å². The Bertz CT molecular complexity index is 766. The highest BCUT2D eigenvalue weighted by molar-refractivity contribution is 5.77. The minimum absolute atomic E-state index is 0.133. The summed E-state index contributed by atoms with van der Waals surface area (Å²) in [5, 5.41) is 11.2. The monoisotopic (exact) mass is 338 g/mol. The van der Waals surface area contributed by atoms with E-state index >= 15 is 0 Å². The number of benzene rings is 2. The van der Waals surface area contributed by atoms with Gasteiger partial charge in [0.15, 0.2) is 0 Å². The van der Waals surface area contributed by atoms with Gasteiger partial charge in [0.05, 0.1) is 6.07 Å². The third-order valence-electron chi connectivity index (χ3n) is 3.58. The lowest BCUT2D eigenvalue weighted by Gasteiger charge is -2.12. The van der Waals surface area contributed by atoms with Crippen molar-refractivity contribution in [2.75, 3.05) is 13.2 Å². The molecule has 1 amide bonds. The lowest BCUT2D eigenvalue weighted by molar-refractivity contribution is -0.120. The molecular weight excluding hydrogens is 316 g/mol. The molecule has 0 saturated heterocycles. The van der Waals surface area contributed by atoms with Crippen molar-refractivity contribution in [2.24, 2.45) is 0 Å². The maximum Gasteiger partial charge on any atom is 0.234 e. The molecule has 0 aliphatic rings. The molecular formula is C20H22N2O3. The third kappa shape index (κ3) is 6.19. The molecule has 0 aliphatic heterocycles.